The van der Waals surface area contributed by atoms with Gasteiger partial charge in [-0.1, -0.05) is 22.5 Å². The summed E-state index contributed by atoms with van der Waals surface area (Å²) in [5.74, 6) is 0.278. The van der Waals surface area contributed by atoms with Gasteiger partial charge in [-0.25, -0.2) is 0 Å². The summed E-state index contributed by atoms with van der Waals surface area (Å²) >= 11 is 3.31. The molecule has 0 heterocycles. The molecule has 1 nitrogen and oxygen atoms in total. The zero-order valence-electron chi connectivity index (χ0n) is 6.26. The minimum absolute atomic E-state index is 0.278. The van der Waals surface area contributed by atoms with Gasteiger partial charge in [-0.2, -0.15) is 0 Å². The lowest BCUT2D eigenvalue weighted by atomic mass is 10.1. The Hall–Kier alpha value is -0.760. The van der Waals surface area contributed by atoms with Crippen LogP contribution in [0.4, 0.5) is 0 Å². The second-order valence-electron chi connectivity index (χ2n) is 2.44. The average molecular weight is 213 g/mol. The monoisotopic (exact) mass is 212 g/mol. The fourth-order valence-electron chi connectivity index (χ4n) is 0.850. The molecule has 0 aliphatic carbocycles. The summed E-state index contributed by atoms with van der Waals surface area (Å²) in [4.78, 5) is 0. The maximum atomic E-state index is 9.32. The van der Waals surface area contributed by atoms with Gasteiger partial charge in [-0.15, -0.1) is 0 Å². The quantitative estimate of drug-likeness (QED) is 0.759. The maximum Gasteiger partial charge on any atom is 0.123 e. The first-order valence-electron chi connectivity index (χ1n) is 3.25. The molecule has 1 aromatic rings. The van der Waals surface area contributed by atoms with E-state index in [1.807, 2.05) is 13.0 Å². The van der Waals surface area contributed by atoms with Crippen LogP contribution in [0.25, 0.3) is 5.57 Å². The smallest absolute Gasteiger partial charge is 0.123 e. The third-order valence-corrected chi connectivity index (χ3v) is 1.91. The molecule has 0 aromatic heterocycles. The minimum Gasteiger partial charge on any atom is -0.507 e. The highest BCUT2D eigenvalue weighted by molar-refractivity contribution is 9.10. The number of allylic oxidation sites excluding steroid dienone is 1. The third-order valence-electron chi connectivity index (χ3n) is 1.42. The molecule has 58 valence electrons. The summed E-state index contributed by atoms with van der Waals surface area (Å²) in [5, 5.41) is 9.32. The Balaban J connectivity index is 3.23. The van der Waals surface area contributed by atoms with Gasteiger partial charge in [0, 0.05) is 10.0 Å². The molecule has 1 N–H and O–H groups in total. The van der Waals surface area contributed by atoms with E-state index in [4.69, 9.17) is 0 Å². The minimum atomic E-state index is 0.278. The largest absolute Gasteiger partial charge is 0.507 e. The van der Waals surface area contributed by atoms with Crippen molar-refractivity contribution in [1.29, 1.82) is 0 Å². The van der Waals surface area contributed by atoms with Crippen molar-refractivity contribution in [3.63, 3.8) is 0 Å². The van der Waals surface area contributed by atoms with Crippen molar-refractivity contribution in [3.05, 3.63) is 34.8 Å². The van der Waals surface area contributed by atoms with Gasteiger partial charge in [0.1, 0.15) is 5.75 Å². The molecule has 0 fully saturated rings. The van der Waals surface area contributed by atoms with Crippen molar-refractivity contribution < 1.29 is 5.11 Å². The molecule has 0 spiro atoms. The van der Waals surface area contributed by atoms with Crippen LogP contribution in [0.3, 0.4) is 0 Å². The lowest BCUT2D eigenvalue weighted by Gasteiger charge is -2.02. The molecule has 1 rings (SSSR count). The van der Waals surface area contributed by atoms with E-state index in [0.29, 0.717) is 0 Å². The molecular weight excluding hydrogens is 204 g/mol. The SMILES string of the molecule is C=C(C)c1cc(Br)ccc1O. The number of halogens is 1. The highest BCUT2D eigenvalue weighted by Crippen LogP contribution is 2.26. The van der Waals surface area contributed by atoms with Crippen molar-refractivity contribution in [1.82, 2.24) is 0 Å². The highest BCUT2D eigenvalue weighted by atomic mass is 79.9. The van der Waals surface area contributed by atoms with Crippen molar-refractivity contribution in [2.45, 2.75) is 6.92 Å². The topological polar surface area (TPSA) is 20.2 Å². The second kappa shape index (κ2) is 3.09. The van der Waals surface area contributed by atoms with Gasteiger partial charge >= 0.3 is 0 Å². The van der Waals surface area contributed by atoms with Crippen LogP contribution in [-0.2, 0) is 0 Å². The first-order valence-corrected chi connectivity index (χ1v) is 4.05. The number of phenolic OH excluding ortho intramolecular Hbond substituents is 1. The molecule has 2 heteroatoms. The van der Waals surface area contributed by atoms with E-state index < -0.39 is 0 Å². The summed E-state index contributed by atoms with van der Waals surface area (Å²) in [6.45, 7) is 5.61. The van der Waals surface area contributed by atoms with Gasteiger partial charge in [0.2, 0.25) is 0 Å². The lowest BCUT2D eigenvalue weighted by molar-refractivity contribution is 0.473. The normalized spacial score (nSPS) is 9.64. The Bertz CT molecular complexity index is 292. The van der Waals surface area contributed by atoms with Crippen LogP contribution in [0.15, 0.2) is 29.3 Å². The first-order chi connectivity index (χ1) is 5.11. The van der Waals surface area contributed by atoms with Crippen LogP contribution in [-0.4, -0.2) is 5.11 Å². The van der Waals surface area contributed by atoms with E-state index in [1.54, 1.807) is 12.1 Å². The molecule has 0 atom stereocenters. The number of benzene rings is 1. The molecule has 0 unspecified atom stereocenters. The number of aromatic hydroxyl groups is 1. The Morgan fingerprint density at radius 1 is 1.55 bits per heavy atom. The molecule has 0 saturated heterocycles. The van der Waals surface area contributed by atoms with Gasteiger partial charge in [0.25, 0.3) is 0 Å². The maximum absolute atomic E-state index is 9.32. The van der Waals surface area contributed by atoms with E-state index in [-0.39, 0.29) is 5.75 Å². The van der Waals surface area contributed by atoms with E-state index in [0.717, 1.165) is 15.6 Å². The predicted molar refractivity (Wildman–Crippen MR) is 50.5 cm³/mol. The zero-order valence-corrected chi connectivity index (χ0v) is 7.85. The summed E-state index contributed by atoms with van der Waals surface area (Å²) in [7, 11) is 0. The average Bonchev–Trinajstić information content (AvgIpc) is 1.94. The van der Waals surface area contributed by atoms with Crippen LogP contribution in [0.2, 0.25) is 0 Å². The number of hydrogen-bond donors (Lipinski definition) is 1. The Morgan fingerprint density at radius 2 is 2.18 bits per heavy atom. The summed E-state index contributed by atoms with van der Waals surface area (Å²) < 4.78 is 0.952. The summed E-state index contributed by atoms with van der Waals surface area (Å²) in [6.07, 6.45) is 0. The van der Waals surface area contributed by atoms with Crippen LogP contribution >= 0.6 is 15.9 Å². The van der Waals surface area contributed by atoms with E-state index in [9.17, 15) is 5.11 Å². The van der Waals surface area contributed by atoms with Crippen LogP contribution in [0.1, 0.15) is 12.5 Å². The second-order valence-corrected chi connectivity index (χ2v) is 3.36. The molecule has 0 aliphatic rings. The van der Waals surface area contributed by atoms with Crippen molar-refractivity contribution in [3.8, 4) is 5.75 Å². The van der Waals surface area contributed by atoms with Gasteiger partial charge in [-0.3, -0.25) is 0 Å². The summed E-state index contributed by atoms with van der Waals surface area (Å²) in [5.41, 5.74) is 1.66. The molecule has 0 bridgehead atoms. The molecular formula is C9H9BrO. The zero-order chi connectivity index (χ0) is 8.43. The van der Waals surface area contributed by atoms with E-state index in [2.05, 4.69) is 22.5 Å². The molecule has 0 aliphatic heterocycles. The van der Waals surface area contributed by atoms with Gasteiger partial charge in [0.05, 0.1) is 0 Å². The standard InChI is InChI=1S/C9H9BrO/c1-6(2)8-5-7(10)3-4-9(8)11/h3-5,11H,1H2,2H3. The van der Waals surface area contributed by atoms with E-state index >= 15 is 0 Å². The number of rotatable bonds is 1. The fourth-order valence-corrected chi connectivity index (χ4v) is 1.21. The van der Waals surface area contributed by atoms with E-state index in [1.165, 1.54) is 0 Å². The van der Waals surface area contributed by atoms with Gasteiger partial charge in [-0.05, 0) is 30.7 Å². The van der Waals surface area contributed by atoms with Crippen molar-refractivity contribution in [2.75, 3.05) is 0 Å². The van der Waals surface area contributed by atoms with Crippen molar-refractivity contribution in [2.24, 2.45) is 0 Å². The Kier molecular flexibility index (Phi) is 2.35. The number of phenols is 1. The fraction of sp³-hybridized carbons (Fsp3) is 0.111. The van der Waals surface area contributed by atoms with Crippen molar-refractivity contribution >= 4 is 21.5 Å². The molecule has 11 heavy (non-hydrogen) atoms. The molecule has 0 saturated carbocycles. The lowest BCUT2D eigenvalue weighted by Crippen LogP contribution is -1.78. The molecule has 1 aromatic carbocycles. The Labute approximate surface area is 74.5 Å². The Morgan fingerprint density at radius 3 is 2.64 bits per heavy atom. The highest BCUT2D eigenvalue weighted by Gasteiger charge is 2.00. The van der Waals surface area contributed by atoms with Gasteiger partial charge < -0.3 is 5.11 Å². The van der Waals surface area contributed by atoms with Crippen LogP contribution in [0, 0.1) is 0 Å². The van der Waals surface area contributed by atoms with Crippen LogP contribution < -0.4 is 0 Å². The molecule has 0 amide bonds. The van der Waals surface area contributed by atoms with Gasteiger partial charge in [0.15, 0.2) is 0 Å². The third kappa shape index (κ3) is 1.84. The summed E-state index contributed by atoms with van der Waals surface area (Å²) in [6, 6.07) is 5.29. The van der Waals surface area contributed by atoms with Crippen LogP contribution in [0.5, 0.6) is 5.75 Å². The number of hydrogen-bond acceptors (Lipinski definition) is 1. The molecule has 0 radical (unpaired) electrons. The predicted octanol–water partition coefficient (Wildman–Crippen LogP) is 3.19. The first kappa shape index (κ1) is 8.34.